The molecule has 0 saturated carbocycles. The molecule has 1 unspecified atom stereocenters. The highest BCUT2D eigenvalue weighted by Crippen LogP contribution is 2.37. The van der Waals surface area contributed by atoms with E-state index in [1.807, 2.05) is 19.2 Å². The van der Waals surface area contributed by atoms with Gasteiger partial charge in [0.25, 0.3) is 0 Å². The van der Waals surface area contributed by atoms with Gasteiger partial charge in [-0.3, -0.25) is 0 Å². The van der Waals surface area contributed by atoms with Gasteiger partial charge in [-0.25, -0.2) is 4.39 Å². The summed E-state index contributed by atoms with van der Waals surface area (Å²) in [5.41, 5.74) is 0.902. The van der Waals surface area contributed by atoms with Crippen molar-refractivity contribution in [2.24, 2.45) is 0 Å². The molecule has 0 aliphatic heterocycles. The third-order valence-electron chi connectivity index (χ3n) is 2.51. The number of thiophene rings is 1. The Labute approximate surface area is 134 Å². The van der Waals surface area contributed by atoms with Gasteiger partial charge in [-0.15, -0.1) is 11.3 Å². The molecule has 18 heavy (non-hydrogen) atoms. The van der Waals surface area contributed by atoms with Gasteiger partial charge >= 0.3 is 0 Å². The fourth-order valence-electron chi connectivity index (χ4n) is 1.67. The zero-order valence-electron chi connectivity index (χ0n) is 9.31. The maximum absolute atomic E-state index is 13.6. The second-order valence-electron chi connectivity index (χ2n) is 3.67. The number of hydrogen-bond donors (Lipinski definition) is 1. The Morgan fingerprint density at radius 2 is 1.89 bits per heavy atom. The van der Waals surface area contributed by atoms with Crippen molar-refractivity contribution >= 4 is 59.1 Å². The molecule has 0 amide bonds. The Morgan fingerprint density at radius 3 is 2.39 bits per heavy atom. The second kappa shape index (κ2) is 6.13. The van der Waals surface area contributed by atoms with E-state index >= 15 is 0 Å². The summed E-state index contributed by atoms with van der Waals surface area (Å²) in [6.07, 6.45) is 0. The molecule has 96 valence electrons. The standard InChI is InChI=1S/C12H9Br3FNS/c1-17-11(10-5-8(14)12(15)18-10)6-2-3-7(13)9(16)4-6/h2-5,11,17H,1H3. The third-order valence-corrected chi connectivity index (χ3v) is 6.48. The summed E-state index contributed by atoms with van der Waals surface area (Å²) in [7, 11) is 1.87. The number of halogens is 4. The first-order valence-corrected chi connectivity index (χ1v) is 8.29. The number of benzene rings is 1. The predicted octanol–water partition coefficient (Wildman–Crippen LogP) is 5.48. The van der Waals surface area contributed by atoms with Crippen LogP contribution in [0.4, 0.5) is 4.39 Å². The van der Waals surface area contributed by atoms with Crippen LogP contribution >= 0.6 is 59.1 Å². The van der Waals surface area contributed by atoms with E-state index in [-0.39, 0.29) is 11.9 Å². The molecule has 1 aromatic heterocycles. The first kappa shape index (κ1) is 14.7. The van der Waals surface area contributed by atoms with E-state index in [1.165, 1.54) is 0 Å². The van der Waals surface area contributed by atoms with Crippen LogP contribution in [0.15, 0.2) is 37.0 Å². The minimum Gasteiger partial charge on any atom is -0.309 e. The van der Waals surface area contributed by atoms with Gasteiger partial charge < -0.3 is 5.32 Å². The van der Waals surface area contributed by atoms with Gasteiger partial charge in [-0.1, -0.05) is 6.07 Å². The summed E-state index contributed by atoms with van der Waals surface area (Å²) in [4.78, 5) is 1.12. The molecular weight excluding hydrogens is 449 g/mol. The van der Waals surface area contributed by atoms with Crippen molar-refractivity contribution < 1.29 is 4.39 Å². The average molecular weight is 458 g/mol. The Balaban J connectivity index is 2.41. The number of nitrogens with one attached hydrogen (secondary N) is 1. The van der Waals surface area contributed by atoms with Gasteiger partial charge in [0.05, 0.1) is 14.3 Å². The van der Waals surface area contributed by atoms with Crippen LogP contribution in [0.2, 0.25) is 0 Å². The number of rotatable bonds is 3. The lowest BCUT2D eigenvalue weighted by atomic mass is 10.1. The van der Waals surface area contributed by atoms with Gasteiger partial charge in [0, 0.05) is 9.35 Å². The molecule has 2 aromatic rings. The Bertz CT molecular complexity index is 551. The molecule has 0 aliphatic carbocycles. The van der Waals surface area contributed by atoms with E-state index in [0.717, 1.165) is 18.7 Å². The highest BCUT2D eigenvalue weighted by atomic mass is 79.9. The normalized spacial score (nSPS) is 12.7. The highest BCUT2D eigenvalue weighted by molar-refractivity contribution is 9.13. The lowest BCUT2D eigenvalue weighted by molar-refractivity contribution is 0.611. The minimum absolute atomic E-state index is 0.0137. The molecule has 0 fully saturated rings. The average Bonchev–Trinajstić information content (AvgIpc) is 2.65. The summed E-state index contributed by atoms with van der Waals surface area (Å²) >= 11 is 11.7. The lowest BCUT2D eigenvalue weighted by Gasteiger charge is -2.15. The molecule has 1 N–H and O–H groups in total. The summed E-state index contributed by atoms with van der Waals surface area (Å²) in [6.45, 7) is 0. The molecule has 1 atom stereocenters. The monoisotopic (exact) mass is 455 g/mol. The van der Waals surface area contributed by atoms with Crippen molar-refractivity contribution in [3.05, 3.63) is 53.3 Å². The minimum atomic E-state index is -0.248. The molecule has 0 saturated heterocycles. The van der Waals surface area contributed by atoms with Crippen molar-refractivity contribution in [1.82, 2.24) is 5.32 Å². The summed E-state index contributed by atoms with van der Waals surface area (Å²) in [5, 5.41) is 3.21. The third kappa shape index (κ3) is 3.04. The largest absolute Gasteiger partial charge is 0.309 e. The van der Waals surface area contributed by atoms with Gasteiger partial charge in [0.2, 0.25) is 0 Å². The molecular formula is C12H9Br3FNS. The van der Waals surface area contributed by atoms with E-state index in [1.54, 1.807) is 23.5 Å². The van der Waals surface area contributed by atoms with Crippen LogP contribution in [0.5, 0.6) is 0 Å². The Morgan fingerprint density at radius 1 is 1.17 bits per heavy atom. The maximum Gasteiger partial charge on any atom is 0.137 e. The van der Waals surface area contributed by atoms with Gasteiger partial charge in [-0.05, 0) is 78.6 Å². The summed E-state index contributed by atoms with van der Waals surface area (Å²) in [6, 6.07) is 7.21. The molecule has 1 heterocycles. The second-order valence-corrected chi connectivity index (χ2v) is 7.78. The quantitative estimate of drug-likeness (QED) is 0.643. The van der Waals surface area contributed by atoms with Crippen LogP contribution in [0.25, 0.3) is 0 Å². The van der Waals surface area contributed by atoms with Gasteiger partial charge in [0.1, 0.15) is 5.82 Å². The van der Waals surface area contributed by atoms with E-state index in [0.29, 0.717) is 4.47 Å². The van der Waals surface area contributed by atoms with E-state index in [2.05, 4.69) is 53.1 Å². The zero-order valence-corrected chi connectivity index (χ0v) is 14.9. The van der Waals surface area contributed by atoms with Crippen molar-refractivity contribution in [3.63, 3.8) is 0 Å². The fraction of sp³-hybridized carbons (Fsp3) is 0.167. The van der Waals surface area contributed by atoms with Crippen LogP contribution in [0.3, 0.4) is 0 Å². The van der Waals surface area contributed by atoms with Crippen molar-refractivity contribution in [2.75, 3.05) is 7.05 Å². The van der Waals surface area contributed by atoms with Crippen LogP contribution in [-0.4, -0.2) is 7.05 Å². The van der Waals surface area contributed by atoms with Gasteiger partial charge in [-0.2, -0.15) is 0 Å². The van der Waals surface area contributed by atoms with Gasteiger partial charge in [0.15, 0.2) is 0 Å². The highest BCUT2D eigenvalue weighted by Gasteiger charge is 2.17. The Kier molecular flexibility index (Phi) is 4.99. The van der Waals surface area contributed by atoms with Crippen LogP contribution in [-0.2, 0) is 0 Å². The van der Waals surface area contributed by atoms with Crippen LogP contribution < -0.4 is 5.32 Å². The molecule has 0 spiro atoms. The molecule has 6 heteroatoms. The maximum atomic E-state index is 13.6. The fourth-order valence-corrected chi connectivity index (χ4v) is 4.15. The van der Waals surface area contributed by atoms with Crippen molar-refractivity contribution in [3.8, 4) is 0 Å². The topological polar surface area (TPSA) is 12.0 Å². The SMILES string of the molecule is CNC(c1ccc(Br)c(F)c1)c1cc(Br)c(Br)s1. The smallest absolute Gasteiger partial charge is 0.137 e. The molecule has 0 aliphatic rings. The van der Waals surface area contributed by atoms with E-state index < -0.39 is 0 Å². The molecule has 0 bridgehead atoms. The van der Waals surface area contributed by atoms with E-state index in [4.69, 9.17) is 0 Å². The molecule has 1 nitrogen and oxygen atoms in total. The van der Waals surface area contributed by atoms with E-state index in [9.17, 15) is 4.39 Å². The van der Waals surface area contributed by atoms with Crippen molar-refractivity contribution in [2.45, 2.75) is 6.04 Å². The molecule has 0 radical (unpaired) electrons. The Hall–Kier alpha value is 0.250. The molecule has 2 rings (SSSR count). The lowest BCUT2D eigenvalue weighted by Crippen LogP contribution is -2.16. The van der Waals surface area contributed by atoms with Crippen molar-refractivity contribution in [1.29, 1.82) is 0 Å². The first-order chi connectivity index (χ1) is 8.52. The predicted molar refractivity (Wildman–Crippen MR) is 84.7 cm³/mol. The summed E-state index contributed by atoms with van der Waals surface area (Å²) < 4.78 is 16.1. The number of hydrogen-bond acceptors (Lipinski definition) is 2. The van der Waals surface area contributed by atoms with Crippen LogP contribution in [0, 0.1) is 5.82 Å². The molecule has 1 aromatic carbocycles. The first-order valence-electron chi connectivity index (χ1n) is 5.10. The summed E-state index contributed by atoms with van der Waals surface area (Å²) in [5.74, 6) is -0.248. The zero-order chi connectivity index (χ0) is 13.3. The van der Waals surface area contributed by atoms with Crippen LogP contribution in [0.1, 0.15) is 16.5 Å².